The quantitative estimate of drug-likeness (QED) is 0.590. The molecule has 7 nitrogen and oxygen atoms in total. The molecule has 1 fully saturated rings. The van der Waals surface area contributed by atoms with Gasteiger partial charge in [0, 0.05) is 6.54 Å². The average Bonchev–Trinajstić information content (AvgIpc) is 3.09. The summed E-state index contributed by atoms with van der Waals surface area (Å²) in [5, 5.41) is 13.4. The molecule has 1 heterocycles. The van der Waals surface area contributed by atoms with Crippen LogP contribution in [-0.4, -0.2) is 22.4 Å². The number of anilines is 1. The SMILES string of the molecule is Nc1cc(C(=O)NCC2CC2)c([N+](=O)[O-])cn1. The van der Waals surface area contributed by atoms with Crippen LogP contribution < -0.4 is 11.1 Å². The van der Waals surface area contributed by atoms with Gasteiger partial charge in [0.1, 0.15) is 17.6 Å². The van der Waals surface area contributed by atoms with Crippen molar-refractivity contribution in [1.82, 2.24) is 10.3 Å². The number of hydrogen-bond donors (Lipinski definition) is 2. The van der Waals surface area contributed by atoms with E-state index >= 15 is 0 Å². The van der Waals surface area contributed by atoms with Crippen LogP contribution in [0, 0.1) is 16.0 Å². The highest BCUT2D eigenvalue weighted by molar-refractivity contribution is 5.98. The van der Waals surface area contributed by atoms with E-state index in [4.69, 9.17) is 5.73 Å². The number of carbonyl (C=O) groups excluding carboxylic acids is 1. The van der Waals surface area contributed by atoms with Crippen molar-refractivity contribution >= 4 is 17.4 Å². The number of carbonyl (C=O) groups is 1. The molecule has 1 aromatic rings. The van der Waals surface area contributed by atoms with Gasteiger partial charge in [-0.1, -0.05) is 0 Å². The number of nitrogens with one attached hydrogen (secondary N) is 1. The fourth-order valence-corrected chi connectivity index (χ4v) is 1.45. The van der Waals surface area contributed by atoms with Crippen LogP contribution in [0.15, 0.2) is 12.3 Å². The number of aromatic nitrogens is 1. The van der Waals surface area contributed by atoms with E-state index in [0.717, 1.165) is 19.0 Å². The first kappa shape index (κ1) is 11.3. The maximum atomic E-state index is 11.8. The Balaban J connectivity index is 2.18. The molecule has 17 heavy (non-hydrogen) atoms. The highest BCUT2D eigenvalue weighted by Gasteiger charge is 2.25. The Kier molecular flexibility index (Phi) is 2.90. The Labute approximate surface area is 97.2 Å². The summed E-state index contributed by atoms with van der Waals surface area (Å²) in [6.45, 7) is 0.554. The highest BCUT2D eigenvalue weighted by atomic mass is 16.6. The van der Waals surface area contributed by atoms with Crippen molar-refractivity contribution in [2.75, 3.05) is 12.3 Å². The molecule has 1 aliphatic carbocycles. The predicted octanol–water partition coefficient (Wildman–Crippen LogP) is 0.712. The number of nitrogen functional groups attached to an aromatic ring is 1. The first-order chi connectivity index (χ1) is 8.08. The van der Waals surface area contributed by atoms with Gasteiger partial charge in [-0.25, -0.2) is 4.98 Å². The van der Waals surface area contributed by atoms with E-state index < -0.39 is 10.8 Å². The number of nitrogens with two attached hydrogens (primary N) is 1. The van der Waals surface area contributed by atoms with Crippen LogP contribution in [0.2, 0.25) is 0 Å². The molecule has 2 rings (SSSR count). The summed E-state index contributed by atoms with van der Waals surface area (Å²) in [6.07, 6.45) is 3.20. The van der Waals surface area contributed by atoms with Crippen molar-refractivity contribution in [2.45, 2.75) is 12.8 Å². The fraction of sp³-hybridized carbons (Fsp3) is 0.400. The predicted molar refractivity (Wildman–Crippen MR) is 60.4 cm³/mol. The highest BCUT2D eigenvalue weighted by Crippen LogP contribution is 2.28. The lowest BCUT2D eigenvalue weighted by atomic mass is 10.2. The van der Waals surface area contributed by atoms with E-state index in [-0.39, 0.29) is 17.1 Å². The van der Waals surface area contributed by atoms with Crippen LogP contribution in [0.25, 0.3) is 0 Å². The first-order valence-electron chi connectivity index (χ1n) is 5.26. The third-order valence-corrected chi connectivity index (χ3v) is 2.59. The van der Waals surface area contributed by atoms with E-state index in [0.29, 0.717) is 12.5 Å². The minimum Gasteiger partial charge on any atom is -0.384 e. The average molecular weight is 236 g/mol. The Hall–Kier alpha value is -2.18. The lowest BCUT2D eigenvalue weighted by Gasteiger charge is -2.05. The number of pyridine rings is 1. The molecule has 1 aliphatic rings. The maximum Gasteiger partial charge on any atom is 0.300 e. The van der Waals surface area contributed by atoms with Crippen molar-refractivity contribution < 1.29 is 9.72 Å². The zero-order valence-electron chi connectivity index (χ0n) is 9.05. The molecule has 0 saturated heterocycles. The van der Waals surface area contributed by atoms with Gasteiger partial charge in [0.2, 0.25) is 0 Å². The molecule has 0 atom stereocenters. The molecule has 0 aromatic carbocycles. The largest absolute Gasteiger partial charge is 0.384 e. The minimum atomic E-state index is -0.640. The van der Waals surface area contributed by atoms with Crippen molar-refractivity contribution in [3.63, 3.8) is 0 Å². The summed E-state index contributed by atoms with van der Waals surface area (Å²) < 4.78 is 0. The molecule has 1 amide bonds. The number of nitrogens with zero attached hydrogens (tertiary/aromatic N) is 2. The zero-order valence-corrected chi connectivity index (χ0v) is 9.05. The minimum absolute atomic E-state index is 0.0387. The van der Waals surface area contributed by atoms with Gasteiger partial charge in [0.25, 0.3) is 11.6 Å². The van der Waals surface area contributed by atoms with E-state index in [1.165, 1.54) is 6.07 Å². The Bertz CT molecular complexity index is 471. The molecule has 1 aromatic heterocycles. The van der Waals surface area contributed by atoms with Gasteiger partial charge in [-0.2, -0.15) is 0 Å². The van der Waals surface area contributed by atoms with Crippen LogP contribution in [0.3, 0.4) is 0 Å². The third kappa shape index (κ3) is 2.68. The van der Waals surface area contributed by atoms with Crippen LogP contribution >= 0.6 is 0 Å². The number of rotatable bonds is 4. The Morgan fingerprint density at radius 2 is 2.35 bits per heavy atom. The number of amides is 1. The maximum absolute atomic E-state index is 11.8. The number of hydrogen-bond acceptors (Lipinski definition) is 5. The lowest BCUT2D eigenvalue weighted by Crippen LogP contribution is -2.26. The second-order valence-electron chi connectivity index (χ2n) is 4.04. The third-order valence-electron chi connectivity index (χ3n) is 2.59. The van der Waals surface area contributed by atoms with E-state index in [9.17, 15) is 14.9 Å². The van der Waals surface area contributed by atoms with Crippen molar-refractivity contribution in [3.05, 3.63) is 27.9 Å². The smallest absolute Gasteiger partial charge is 0.300 e. The van der Waals surface area contributed by atoms with Crippen molar-refractivity contribution in [2.24, 2.45) is 5.92 Å². The van der Waals surface area contributed by atoms with Gasteiger partial charge in [0.05, 0.1) is 4.92 Å². The second kappa shape index (κ2) is 4.36. The summed E-state index contributed by atoms with van der Waals surface area (Å²) in [4.78, 5) is 25.5. The van der Waals surface area contributed by atoms with Gasteiger partial charge in [0.15, 0.2) is 0 Å². The zero-order chi connectivity index (χ0) is 12.4. The van der Waals surface area contributed by atoms with E-state index in [2.05, 4.69) is 10.3 Å². The normalized spacial score (nSPS) is 14.4. The van der Waals surface area contributed by atoms with Crippen LogP contribution in [0.5, 0.6) is 0 Å². The van der Waals surface area contributed by atoms with Crippen LogP contribution in [0.4, 0.5) is 11.5 Å². The van der Waals surface area contributed by atoms with Crippen molar-refractivity contribution in [3.8, 4) is 0 Å². The summed E-state index contributed by atoms with van der Waals surface area (Å²) in [5.74, 6) is 0.127. The number of nitro groups is 1. The molecular formula is C10H12N4O3. The van der Waals surface area contributed by atoms with Gasteiger partial charge < -0.3 is 11.1 Å². The Morgan fingerprint density at radius 1 is 1.65 bits per heavy atom. The molecule has 3 N–H and O–H groups in total. The van der Waals surface area contributed by atoms with Crippen LogP contribution in [-0.2, 0) is 0 Å². The molecule has 7 heteroatoms. The standard InChI is InChI=1S/C10H12N4O3/c11-9-3-7(8(5-12-9)14(16)17)10(15)13-4-6-1-2-6/h3,5-6H,1-2,4H2,(H2,11,12)(H,13,15). The Morgan fingerprint density at radius 3 is 2.94 bits per heavy atom. The summed E-state index contributed by atoms with van der Waals surface area (Å²) in [5.41, 5.74) is 5.05. The summed E-state index contributed by atoms with van der Waals surface area (Å²) >= 11 is 0. The lowest BCUT2D eigenvalue weighted by molar-refractivity contribution is -0.385. The molecule has 0 radical (unpaired) electrons. The molecule has 90 valence electrons. The van der Waals surface area contributed by atoms with E-state index in [1.54, 1.807) is 0 Å². The van der Waals surface area contributed by atoms with Crippen molar-refractivity contribution in [1.29, 1.82) is 0 Å². The molecule has 1 saturated carbocycles. The van der Waals surface area contributed by atoms with E-state index in [1.807, 2.05) is 0 Å². The van der Waals surface area contributed by atoms with Gasteiger partial charge >= 0.3 is 0 Å². The van der Waals surface area contributed by atoms with Crippen LogP contribution in [0.1, 0.15) is 23.2 Å². The topological polar surface area (TPSA) is 111 Å². The van der Waals surface area contributed by atoms with Gasteiger partial charge in [-0.05, 0) is 24.8 Å². The summed E-state index contributed by atoms with van der Waals surface area (Å²) in [7, 11) is 0. The molecule has 0 bridgehead atoms. The second-order valence-corrected chi connectivity index (χ2v) is 4.04. The first-order valence-corrected chi connectivity index (χ1v) is 5.26. The molecule has 0 unspecified atom stereocenters. The monoisotopic (exact) mass is 236 g/mol. The molecule has 0 aliphatic heterocycles. The fourth-order valence-electron chi connectivity index (χ4n) is 1.45. The van der Waals surface area contributed by atoms with Gasteiger partial charge in [-0.15, -0.1) is 0 Å². The van der Waals surface area contributed by atoms with Gasteiger partial charge in [-0.3, -0.25) is 14.9 Å². The molecular weight excluding hydrogens is 224 g/mol. The molecule has 0 spiro atoms. The summed E-state index contributed by atoms with van der Waals surface area (Å²) in [6, 6.07) is 1.22.